The van der Waals surface area contributed by atoms with Crippen LogP contribution < -0.4 is 35.6 Å². The van der Waals surface area contributed by atoms with Crippen LogP contribution in [0.5, 0.6) is 11.5 Å². The van der Waals surface area contributed by atoms with E-state index in [0.29, 0.717) is 5.82 Å². The largest absolute Gasteiger partial charge is 0.494 e. The standard InChI is InChI=1S/C16H22N4O.C10H16N4O/c1-12-4-5-13(2)20(12)16-10-15(21-3)14(11-18-16)19-8-6-17-7-9-19;1-15-9-6-10(11)13-7-8(9)14-4-2-12-3-5-14/h4-5,10-11,17H,6-9H2,1-3H3;6-7,12H,2-5H2,1H3,(H2,11,13). The van der Waals surface area contributed by atoms with E-state index in [1.54, 1.807) is 26.5 Å². The molecule has 3 aromatic rings. The quantitative estimate of drug-likeness (QED) is 0.491. The highest BCUT2D eigenvalue weighted by Gasteiger charge is 2.17. The van der Waals surface area contributed by atoms with Crippen molar-refractivity contribution in [3.8, 4) is 17.3 Å². The number of pyridine rings is 2. The molecule has 2 fully saturated rings. The van der Waals surface area contributed by atoms with Gasteiger partial charge in [-0.2, -0.15) is 0 Å². The van der Waals surface area contributed by atoms with E-state index >= 15 is 0 Å². The Morgan fingerprint density at radius 1 is 0.750 bits per heavy atom. The van der Waals surface area contributed by atoms with Gasteiger partial charge in [0.15, 0.2) is 0 Å². The molecule has 0 aliphatic carbocycles. The SMILES string of the molecule is COc1cc(-n2c(C)ccc2C)ncc1N1CCNCC1.COc1cc(N)ncc1N1CCNCC1. The van der Waals surface area contributed by atoms with E-state index in [-0.39, 0.29) is 0 Å². The summed E-state index contributed by atoms with van der Waals surface area (Å²) < 4.78 is 13.0. The number of anilines is 3. The molecule has 0 bridgehead atoms. The van der Waals surface area contributed by atoms with Crippen molar-refractivity contribution in [2.75, 3.05) is 82.1 Å². The van der Waals surface area contributed by atoms with Gasteiger partial charge in [-0.3, -0.25) is 0 Å². The van der Waals surface area contributed by atoms with Gasteiger partial charge in [0.2, 0.25) is 0 Å². The second kappa shape index (κ2) is 12.0. The minimum absolute atomic E-state index is 0.491. The molecule has 0 atom stereocenters. The highest BCUT2D eigenvalue weighted by Crippen LogP contribution is 2.30. The van der Waals surface area contributed by atoms with Crippen molar-refractivity contribution in [1.29, 1.82) is 0 Å². The first-order chi connectivity index (χ1) is 17.5. The third-order valence-electron chi connectivity index (χ3n) is 6.55. The number of rotatable bonds is 5. The third kappa shape index (κ3) is 5.83. The summed E-state index contributed by atoms with van der Waals surface area (Å²) in [6.45, 7) is 12.1. The zero-order valence-electron chi connectivity index (χ0n) is 21.8. The summed E-state index contributed by atoms with van der Waals surface area (Å²) in [6, 6.07) is 8.00. The maximum Gasteiger partial charge on any atom is 0.147 e. The highest BCUT2D eigenvalue weighted by molar-refractivity contribution is 5.61. The Labute approximate surface area is 213 Å². The van der Waals surface area contributed by atoms with Gasteiger partial charge < -0.3 is 40.2 Å². The Balaban J connectivity index is 0.000000179. The van der Waals surface area contributed by atoms with Gasteiger partial charge in [-0.1, -0.05) is 0 Å². The van der Waals surface area contributed by atoms with Crippen molar-refractivity contribution in [3.05, 3.63) is 48.0 Å². The molecule has 2 aliphatic heterocycles. The molecule has 10 nitrogen and oxygen atoms in total. The van der Waals surface area contributed by atoms with Crippen molar-refractivity contribution in [3.63, 3.8) is 0 Å². The summed E-state index contributed by atoms with van der Waals surface area (Å²) in [7, 11) is 3.38. The average Bonchev–Trinajstić information content (AvgIpc) is 3.27. The van der Waals surface area contributed by atoms with E-state index in [0.717, 1.165) is 81.0 Å². The molecule has 0 radical (unpaired) electrons. The third-order valence-corrected chi connectivity index (χ3v) is 6.55. The van der Waals surface area contributed by atoms with Gasteiger partial charge in [0.25, 0.3) is 0 Å². The predicted octanol–water partition coefficient (Wildman–Crippen LogP) is 1.99. The number of nitrogens with two attached hydrogens (primary N) is 1. The molecule has 2 saturated heterocycles. The normalized spacial score (nSPS) is 15.8. The van der Waals surface area contributed by atoms with Gasteiger partial charge in [0.1, 0.15) is 23.1 Å². The van der Waals surface area contributed by atoms with E-state index in [9.17, 15) is 0 Å². The lowest BCUT2D eigenvalue weighted by molar-refractivity contribution is 0.412. The number of piperazine rings is 2. The lowest BCUT2D eigenvalue weighted by Gasteiger charge is -2.30. The smallest absolute Gasteiger partial charge is 0.147 e. The zero-order valence-corrected chi connectivity index (χ0v) is 21.8. The lowest BCUT2D eigenvalue weighted by Crippen LogP contribution is -2.43. The van der Waals surface area contributed by atoms with Gasteiger partial charge in [-0.15, -0.1) is 0 Å². The van der Waals surface area contributed by atoms with E-state index in [2.05, 4.69) is 60.9 Å². The summed E-state index contributed by atoms with van der Waals surface area (Å²) in [5.74, 6) is 3.08. The van der Waals surface area contributed by atoms with Gasteiger partial charge in [0.05, 0.1) is 38.0 Å². The average molecular weight is 495 g/mol. The molecule has 3 aromatic heterocycles. The molecule has 4 N–H and O–H groups in total. The number of aromatic nitrogens is 3. The topological polar surface area (TPSA) is 106 Å². The van der Waals surface area contributed by atoms with Crippen LogP contribution >= 0.6 is 0 Å². The van der Waals surface area contributed by atoms with E-state index in [4.69, 9.17) is 15.2 Å². The van der Waals surface area contributed by atoms with Crippen LogP contribution in [-0.4, -0.2) is 81.1 Å². The van der Waals surface area contributed by atoms with Gasteiger partial charge in [0, 0.05) is 75.9 Å². The van der Waals surface area contributed by atoms with Crippen molar-refractivity contribution in [1.82, 2.24) is 25.2 Å². The van der Waals surface area contributed by atoms with Crippen molar-refractivity contribution < 1.29 is 9.47 Å². The minimum Gasteiger partial charge on any atom is -0.494 e. The number of nitrogen functional groups attached to an aromatic ring is 1. The first-order valence-electron chi connectivity index (χ1n) is 12.4. The minimum atomic E-state index is 0.491. The number of hydrogen-bond donors (Lipinski definition) is 3. The van der Waals surface area contributed by atoms with E-state index in [1.807, 2.05) is 12.3 Å². The van der Waals surface area contributed by atoms with Crippen LogP contribution in [0.15, 0.2) is 36.7 Å². The Kier molecular flexibility index (Phi) is 8.50. The van der Waals surface area contributed by atoms with Gasteiger partial charge >= 0.3 is 0 Å². The number of nitrogens with one attached hydrogen (secondary N) is 2. The maximum absolute atomic E-state index is 5.61. The summed E-state index contributed by atoms with van der Waals surface area (Å²) in [5, 5.41) is 6.67. The fraction of sp³-hybridized carbons (Fsp3) is 0.462. The van der Waals surface area contributed by atoms with Crippen LogP contribution in [0.2, 0.25) is 0 Å². The summed E-state index contributed by atoms with van der Waals surface area (Å²) in [4.78, 5) is 13.3. The monoisotopic (exact) mass is 494 g/mol. The Morgan fingerprint density at radius 2 is 1.22 bits per heavy atom. The number of aryl methyl sites for hydroxylation is 2. The van der Waals surface area contributed by atoms with E-state index in [1.165, 1.54) is 11.4 Å². The highest BCUT2D eigenvalue weighted by atomic mass is 16.5. The summed E-state index contributed by atoms with van der Waals surface area (Å²) in [6.07, 6.45) is 3.71. The van der Waals surface area contributed by atoms with Crippen LogP contribution in [-0.2, 0) is 0 Å². The number of ether oxygens (including phenoxy) is 2. The second-order valence-corrected chi connectivity index (χ2v) is 8.92. The van der Waals surface area contributed by atoms with Crippen LogP contribution in [0.1, 0.15) is 11.4 Å². The second-order valence-electron chi connectivity index (χ2n) is 8.92. The van der Waals surface area contributed by atoms with Crippen LogP contribution in [0.25, 0.3) is 5.82 Å². The van der Waals surface area contributed by atoms with Gasteiger partial charge in [-0.05, 0) is 26.0 Å². The first kappa shape index (κ1) is 25.6. The lowest BCUT2D eigenvalue weighted by atomic mass is 10.2. The molecule has 5 rings (SSSR count). The molecule has 0 saturated carbocycles. The molecule has 2 aliphatic rings. The van der Waals surface area contributed by atoms with Gasteiger partial charge in [-0.25, -0.2) is 9.97 Å². The molecule has 10 heteroatoms. The molecule has 0 unspecified atom stereocenters. The summed E-state index contributed by atoms with van der Waals surface area (Å²) >= 11 is 0. The molecule has 5 heterocycles. The molecule has 36 heavy (non-hydrogen) atoms. The Morgan fingerprint density at radius 3 is 1.72 bits per heavy atom. The van der Waals surface area contributed by atoms with Crippen molar-refractivity contribution in [2.45, 2.75) is 13.8 Å². The number of nitrogens with zero attached hydrogens (tertiary/aromatic N) is 5. The fourth-order valence-electron chi connectivity index (χ4n) is 4.63. The molecule has 0 spiro atoms. The molecular weight excluding hydrogens is 456 g/mol. The van der Waals surface area contributed by atoms with Crippen molar-refractivity contribution in [2.24, 2.45) is 0 Å². The zero-order chi connectivity index (χ0) is 25.5. The fourth-order valence-corrected chi connectivity index (χ4v) is 4.63. The van der Waals surface area contributed by atoms with Crippen LogP contribution in [0, 0.1) is 13.8 Å². The maximum atomic E-state index is 5.61. The molecule has 0 aromatic carbocycles. The number of methoxy groups -OCH3 is 2. The molecule has 0 amide bonds. The molecule has 194 valence electrons. The first-order valence-corrected chi connectivity index (χ1v) is 12.4. The number of hydrogen-bond acceptors (Lipinski definition) is 9. The van der Waals surface area contributed by atoms with Crippen LogP contribution in [0.4, 0.5) is 17.2 Å². The summed E-state index contributed by atoms with van der Waals surface area (Å²) in [5.41, 5.74) is 10.1. The van der Waals surface area contributed by atoms with Crippen molar-refractivity contribution >= 4 is 17.2 Å². The van der Waals surface area contributed by atoms with Crippen LogP contribution in [0.3, 0.4) is 0 Å². The predicted molar refractivity (Wildman–Crippen MR) is 145 cm³/mol. The van der Waals surface area contributed by atoms with E-state index < -0.39 is 0 Å². The molecular formula is C26H38N8O2. The Bertz CT molecular complexity index is 1120. The Hall–Kier alpha value is -3.50.